The third-order valence-corrected chi connectivity index (χ3v) is 5.67. The van der Waals surface area contributed by atoms with Crippen LogP contribution in [0.3, 0.4) is 0 Å². The minimum absolute atomic E-state index is 0.0125. The molecule has 1 aliphatic heterocycles. The van der Waals surface area contributed by atoms with Crippen molar-refractivity contribution < 1.29 is 14.2 Å². The second-order valence-electron chi connectivity index (χ2n) is 8.67. The van der Waals surface area contributed by atoms with Crippen LogP contribution in [0.5, 0.6) is 11.8 Å². The molecule has 1 atom stereocenters. The summed E-state index contributed by atoms with van der Waals surface area (Å²) in [5.41, 5.74) is 1.73. The van der Waals surface area contributed by atoms with Gasteiger partial charge in [-0.25, -0.2) is 9.97 Å². The van der Waals surface area contributed by atoms with E-state index in [1.54, 1.807) is 6.20 Å². The van der Waals surface area contributed by atoms with Crippen LogP contribution in [0.15, 0.2) is 24.5 Å². The Morgan fingerprint density at radius 2 is 1.90 bits per heavy atom. The molecule has 0 amide bonds. The minimum Gasteiger partial charge on any atom is -0.475 e. The summed E-state index contributed by atoms with van der Waals surface area (Å²) in [6, 6.07) is 4.26. The van der Waals surface area contributed by atoms with E-state index in [1.807, 2.05) is 32.2 Å². The number of rotatable bonds is 7. The molecular weight excluding hydrogens is 380 g/mol. The van der Waals surface area contributed by atoms with Gasteiger partial charge >= 0.3 is 0 Å². The maximum Gasteiger partial charge on any atom is 0.226 e. The van der Waals surface area contributed by atoms with Crippen molar-refractivity contribution in [1.82, 2.24) is 15.0 Å². The number of nitrogens with zero attached hydrogens (tertiary/aromatic N) is 3. The van der Waals surface area contributed by atoms with Gasteiger partial charge in [0, 0.05) is 36.5 Å². The molecule has 2 fully saturated rings. The standard InChI is InChI=1S/C23H32N4O3/c1-15(2)29-21-9-6-17(12-24-21)20-13-25-23(26-18-7-4-16(3)5-8-18)27-22(20)30-19-10-11-28-14-19/h6,9,12-13,15-16,18-19H,4-5,7-8,10-11,14H2,1-3H3,(H,25,26,27)/t16-,18-,19-/m1/s1. The summed E-state index contributed by atoms with van der Waals surface area (Å²) in [7, 11) is 0. The highest BCUT2D eigenvalue weighted by atomic mass is 16.5. The molecule has 162 valence electrons. The van der Waals surface area contributed by atoms with E-state index in [9.17, 15) is 0 Å². The van der Waals surface area contributed by atoms with Gasteiger partial charge in [0.25, 0.3) is 0 Å². The lowest BCUT2D eigenvalue weighted by atomic mass is 9.87. The van der Waals surface area contributed by atoms with Gasteiger partial charge in [-0.15, -0.1) is 0 Å². The zero-order valence-corrected chi connectivity index (χ0v) is 18.1. The summed E-state index contributed by atoms with van der Waals surface area (Å²) >= 11 is 0. The zero-order valence-electron chi connectivity index (χ0n) is 18.1. The average molecular weight is 413 g/mol. The third kappa shape index (κ3) is 5.39. The van der Waals surface area contributed by atoms with Crippen LogP contribution in [0.25, 0.3) is 11.1 Å². The molecule has 1 aliphatic carbocycles. The Bertz CT molecular complexity index is 814. The van der Waals surface area contributed by atoms with E-state index in [2.05, 4.69) is 22.2 Å². The topological polar surface area (TPSA) is 78.4 Å². The van der Waals surface area contributed by atoms with Crippen molar-refractivity contribution in [3.05, 3.63) is 24.5 Å². The number of anilines is 1. The van der Waals surface area contributed by atoms with E-state index < -0.39 is 0 Å². The van der Waals surface area contributed by atoms with E-state index in [1.165, 1.54) is 12.8 Å². The maximum atomic E-state index is 6.23. The van der Waals surface area contributed by atoms with Crippen LogP contribution >= 0.6 is 0 Å². The second kappa shape index (κ2) is 9.60. The normalized spacial score (nSPS) is 24.1. The number of pyridine rings is 1. The molecule has 1 saturated heterocycles. The average Bonchev–Trinajstić information content (AvgIpc) is 3.23. The molecule has 0 spiro atoms. The van der Waals surface area contributed by atoms with Crippen molar-refractivity contribution in [3.8, 4) is 22.9 Å². The first-order valence-electron chi connectivity index (χ1n) is 11.1. The second-order valence-corrected chi connectivity index (χ2v) is 8.67. The van der Waals surface area contributed by atoms with Crippen LogP contribution in [0, 0.1) is 5.92 Å². The molecular formula is C23H32N4O3. The smallest absolute Gasteiger partial charge is 0.226 e. The van der Waals surface area contributed by atoms with Crippen molar-refractivity contribution in [3.63, 3.8) is 0 Å². The number of hydrogen-bond donors (Lipinski definition) is 1. The molecule has 30 heavy (non-hydrogen) atoms. The minimum atomic E-state index is 0.0125. The predicted octanol–water partition coefficient (Wildman–Crippen LogP) is 4.48. The molecule has 0 radical (unpaired) electrons. The highest BCUT2D eigenvalue weighted by Crippen LogP contribution is 2.32. The lowest BCUT2D eigenvalue weighted by molar-refractivity contribution is 0.138. The molecule has 0 aromatic carbocycles. The van der Waals surface area contributed by atoms with Crippen molar-refractivity contribution in [2.75, 3.05) is 18.5 Å². The Morgan fingerprint density at radius 3 is 2.57 bits per heavy atom. The Hall–Kier alpha value is -2.41. The van der Waals surface area contributed by atoms with Crippen LogP contribution < -0.4 is 14.8 Å². The quantitative estimate of drug-likeness (QED) is 0.718. The first kappa shape index (κ1) is 20.8. The molecule has 2 aliphatic rings. The van der Waals surface area contributed by atoms with Crippen LogP contribution in [0.2, 0.25) is 0 Å². The molecule has 0 bridgehead atoms. The lowest BCUT2D eigenvalue weighted by Gasteiger charge is -2.27. The fourth-order valence-corrected chi connectivity index (χ4v) is 3.93. The first-order chi connectivity index (χ1) is 14.6. The summed E-state index contributed by atoms with van der Waals surface area (Å²) in [5.74, 6) is 2.61. The largest absolute Gasteiger partial charge is 0.475 e. The molecule has 7 nitrogen and oxygen atoms in total. The lowest BCUT2D eigenvalue weighted by Crippen LogP contribution is -2.26. The van der Waals surface area contributed by atoms with E-state index in [4.69, 9.17) is 19.2 Å². The summed E-state index contributed by atoms with van der Waals surface area (Å²) in [6.45, 7) is 7.60. The van der Waals surface area contributed by atoms with Gasteiger partial charge in [0.1, 0.15) is 6.10 Å². The Morgan fingerprint density at radius 1 is 1.07 bits per heavy atom. The summed E-state index contributed by atoms with van der Waals surface area (Å²) in [4.78, 5) is 13.7. The summed E-state index contributed by atoms with van der Waals surface area (Å²) in [5, 5.41) is 3.51. The molecule has 7 heteroatoms. The van der Waals surface area contributed by atoms with E-state index in [0.717, 1.165) is 42.9 Å². The van der Waals surface area contributed by atoms with Crippen LogP contribution in [-0.2, 0) is 4.74 Å². The molecule has 4 rings (SSSR count). The van der Waals surface area contributed by atoms with Crippen LogP contribution in [-0.4, -0.2) is 46.4 Å². The van der Waals surface area contributed by atoms with Crippen LogP contribution in [0.1, 0.15) is 52.9 Å². The molecule has 2 aromatic heterocycles. The Kier molecular flexibility index (Phi) is 6.67. The SMILES string of the molecule is CC(C)Oc1ccc(-c2cnc(N[C@H]3CC[C@H](C)CC3)nc2O[C@@H]2CCOC2)cn1. The number of nitrogens with one attached hydrogen (secondary N) is 1. The van der Waals surface area contributed by atoms with Gasteiger partial charge < -0.3 is 19.5 Å². The third-order valence-electron chi connectivity index (χ3n) is 5.67. The summed E-state index contributed by atoms with van der Waals surface area (Å²) in [6.07, 6.45) is 9.37. The van der Waals surface area contributed by atoms with Gasteiger partial charge in [-0.2, -0.15) is 4.98 Å². The molecule has 2 aromatic rings. The zero-order chi connectivity index (χ0) is 20.9. The van der Waals surface area contributed by atoms with E-state index in [0.29, 0.717) is 30.4 Å². The number of aromatic nitrogens is 3. The van der Waals surface area contributed by atoms with E-state index in [-0.39, 0.29) is 12.2 Å². The van der Waals surface area contributed by atoms with Gasteiger partial charge in [-0.1, -0.05) is 6.92 Å². The molecule has 3 heterocycles. The predicted molar refractivity (Wildman–Crippen MR) is 116 cm³/mol. The number of hydrogen-bond acceptors (Lipinski definition) is 7. The van der Waals surface area contributed by atoms with Gasteiger partial charge in [-0.3, -0.25) is 0 Å². The molecule has 1 saturated carbocycles. The fourth-order valence-electron chi connectivity index (χ4n) is 3.93. The molecule has 0 unspecified atom stereocenters. The van der Waals surface area contributed by atoms with Gasteiger partial charge in [0.05, 0.1) is 24.9 Å². The highest BCUT2D eigenvalue weighted by Gasteiger charge is 2.23. The Labute approximate surface area is 178 Å². The van der Waals surface area contributed by atoms with Crippen molar-refractivity contribution >= 4 is 5.95 Å². The fraction of sp³-hybridized carbons (Fsp3) is 0.609. The van der Waals surface area contributed by atoms with Crippen LogP contribution in [0.4, 0.5) is 5.95 Å². The highest BCUT2D eigenvalue weighted by molar-refractivity contribution is 5.68. The van der Waals surface area contributed by atoms with Crippen molar-refractivity contribution in [1.29, 1.82) is 0 Å². The Balaban J connectivity index is 1.55. The first-order valence-corrected chi connectivity index (χ1v) is 11.1. The monoisotopic (exact) mass is 412 g/mol. The van der Waals surface area contributed by atoms with Gasteiger partial charge in [0.2, 0.25) is 17.7 Å². The van der Waals surface area contributed by atoms with Gasteiger partial charge in [0.15, 0.2) is 0 Å². The maximum absolute atomic E-state index is 6.23. The van der Waals surface area contributed by atoms with Crippen molar-refractivity contribution in [2.45, 2.75) is 71.1 Å². The number of ether oxygens (including phenoxy) is 3. The van der Waals surface area contributed by atoms with Crippen molar-refractivity contribution in [2.24, 2.45) is 5.92 Å². The molecule has 1 N–H and O–H groups in total. The van der Waals surface area contributed by atoms with E-state index >= 15 is 0 Å². The van der Waals surface area contributed by atoms with Gasteiger partial charge in [-0.05, 0) is 51.5 Å². The summed E-state index contributed by atoms with van der Waals surface area (Å²) < 4.78 is 17.4.